The van der Waals surface area contributed by atoms with Gasteiger partial charge in [0.25, 0.3) is 0 Å². The SMILES string of the molecule is CCO[Si](CCCOCC1CO1)(OCC)C(OC)OC. The normalized spacial score (nSPS) is 18.8. The van der Waals surface area contributed by atoms with Crippen LogP contribution in [0.4, 0.5) is 0 Å². The van der Waals surface area contributed by atoms with Gasteiger partial charge in [-0.1, -0.05) is 0 Å². The van der Waals surface area contributed by atoms with Crippen molar-refractivity contribution in [1.82, 2.24) is 0 Å². The molecule has 1 unspecified atom stereocenters. The third kappa shape index (κ3) is 5.77. The molecule has 20 heavy (non-hydrogen) atoms. The Morgan fingerprint density at radius 3 is 2.20 bits per heavy atom. The van der Waals surface area contributed by atoms with Crippen LogP contribution in [0.15, 0.2) is 0 Å². The molecule has 1 aliphatic rings. The fourth-order valence-electron chi connectivity index (χ4n) is 2.18. The second-order valence-electron chi connectivity index (χ2n) is 4.62. The number of hydrogen-bond donors (Lipinski definition) is 0. The molecule has 0 aliphatic carbocycles. The van der Waals surface area contributed by atoms with E-state index in [9.17, 15) is 0 Å². The van der Waals surface area contributed by atoms with Crippen molar-refractivity contribution in [2.45, 2.75) is 38.3 Å². The summed E-state index contributed by atoms with van der Waals surface area (Å²) in [5, 5.41) is 0. The Labute approximate surface area is 122 Å². The zero-order valence-electron chi connectivity index (χ0n) is 13.1. The number of rotatable bonds is 13. The third-order valence-corrected chi connectivity index (χ3v) is 6.88. The predicted molar refractivity (Wildman–Crippen MR) is 76.8 cm³/mol. The number of methoxy groups -OCH3 is 2. The van der Waals surface area contributed by atoms with E-state index in [0.29, 0.717) is 32.5 Å². The highest BCUT2D eigenvalue weighted by Crippen LogP contribution is 2.23. The van der Waals surface area contributed by atoms with Gasteiger partial charge in [0.1, 0.15) is 6.10 Å². The lowest BCUT2D eigenvalue weighted by atomic mass is 10.5. The first kappa shape index (κ1) is 18.0. The highest BCUT2D eigenvalue weighted by molar-refractivity contribution is 6.68. The molecule has 1 fully saturated rings. The largest absolute Gasteiger partial charge is 0.396 e. The summed E-state index contributed by atoms with van der Waals surface area (Å²) in [6.45, 7) is 7.28. The molecule has 1 heterocycles. The molecular weight excluding hydrogens is 280 g/mol. The van der Waals surface area contributed by atoms with Crippen LogP contribution in [-0.2, 0) is 27.8 Å². The Morgan fingerprint density at radius 1 is 1.15 bits per heavy atom. The molecule has 0 saturated carbocycles. The molecule has 1 aliphatic heterocycles. The number of ether oxygens (including phenoxy) is 4. The van der Waals surface area contributed by atoms with Gasteiger partial charge in [-0.25, -0.2) is 0 Å². The summed E-state index contributed by atoms with van der Waals surface area (Å²) in [6.07, 6.45) is 1.17. The quantitative estimate of drug-likeness (QED) is 0.222. The van der Waals surface area contributed by atoms with E-state index in [0.717, 1.165) is 19.1 Å². The molecule has 0 aromatic rings. The topological polar surface area (TPSA) is 58.7 Å². The average Bonchev–Trinajstić information content (AvgIpc) is 3.24. The smallest absolute Gasteiger partial charge is 0.392 e. The van der Waals surface area contributed by atoms with Gasteiger partial charge in [0.15, 0.2) is 5.91 Å². The van der Waals surface area contributed by atoms with Crippen molar-refractivity contribution < 1.29 is 27.8 Å². The minimum absolute atomic E-state index is 0.307. The van der Waals surface area contributed by atoms with Gasteiger partial charge in [-0.3, -0.25) is 0 Å². The van der Waals surface area contributed by atoms with Gasteiger partial charge >= 0.3 is 8.56 Å². The van der Waals surface area contributed by atoms with E-state index in [4.69, 9.17) is 27.8 Å². The van der Waals surface area contributed by atoms with Crippen molar-refractivity contribution in [2.75, 3.05) is 47.3 Å². The van der Waals surface area contributed by atoms with Crippen molar-refractivity contribution >= 4 is 8.56 Å². The van der Waals surface area contributed by atoms with Crippen molar-refractivity contribution in [3.8, 4) is 0 Å². The lowest BCUT2D eigenvalue weighted by Gasteiger charge is -2.34. The van der Waals surface area contributed by atoms with Crippen LogP contribution in [0.25, 0.3) is 0 Å². The van der Waals surface area contributed by atoms with Crippen LogP contribution in [0.5, 0.6) is 0 Å². The highest BCUT2D eigenvalue weighted by atomic mass is 28.4. The Kier molecular flexibility index (Phi) is 8.86. The van der Waals surface area contributed by atoms with E-state index < -0.39 is 14.5 Å². The lowest BCUT2D eigenvalue weighted by molar-refractivity contribution is -0.0824. The Bertz CT molecular complexity index is 239. The second kappa shape index (κ2) is 9.83. The lowest BCUT2D eigenvalue weighted by Crippen LogP contribution is -2.55. The van der Waals surface area contributed by atoms with Crippen LogP contribution in [0.3, 0.4) is 0 Å². The minimum Gasteiger partial charge on any atom is -0.392 e. The van der Waals surface area contributed by atoms with Crippen LogP contribution in [0, 0.1) is 0 Å². The van der Waals surface area contributed by atoms with Gasteiger partial charge in [0.2, 0.25) is 0 Å². The van der Waals surface area contributed by atoms with Crippen LogP contribution < -0.4 is 0 Å². The van der Waals surface area contributed by atoms with Crippen molar-refractivity contribution in [1.29, 1.82) is 0 Å². The molecule has 7 heteroatoms. The minimum atomic E-state index is -2.54. The maximum atomic E-state index is 5.94. The molecule has 120 valence electrons. The molecule has 0 aromatic heterocycles. The summed E-state index contributed by atoms with van der Waals surface area (Å²) >= 11 is 0. The van der Waals surface area contributed by atoms with Gasteiger partial charge in [0, 0.05) is 34.0 Å². The molecule has 0 amide bonds. The molecule has 0 aromatic carbocycles. The first-order valence-electron chi connectivity index (χ1n) is 7.25. The molecule has 1 atom stereocenters. The monoisotopic (exact) mass is 308 g/mol. The third-order valence-electron chi connectivity index (χ3n) is 3.08. The average molecular weight is 308 g/mol. The number of epoxide rings is 1. The van der Waals surface area contributed by atoms with Crippen LogP contribution in [-0.4, -0.2) is 67.8 Å². The molecule has 6 nitrogen and oxygen atoms in total. The van der Waals surface area contributed by atoms with Gasteiger partial charge in [-0.2, -0.15) is 0 Å². The van der Waals surface area contributed by atoms with Crippen molar-refractivity contribution in [2.24, 2.45) is 0 Å². The molecule has 0 bridgehead atoms. The van der Waals surface area contributed by atoms with Crippen molar-refractivity contribution in [3.63, 3.8) is 0 Å². The summed E-state index contributed by atoms with van der Waals surface area (Å²) in [6, 6.07) is 0.784. The fourth-order valence-corrected chi connectivity index (χ4v) is 5.40. The predicted octanol–water partition coefficient (Wildman–Crippen LogP) is 1.47. The van der Waals surface area contributed by atoms with Gasteiger partial charge in [-0.15, -0.1) is 0 Å². The molecule has 1 rings (SSSR count). The van der Waals surface area contributed by atoms with Gasteiger partial charge in [0.05, 0.1) is 13.2 Å². The van der Waals surface area contributed by atoms with Crippen molar-refractivity contribution in [3.05, 3.63) is 0 Å². The van der Waals surface area contributed by atoms with E-state index in [-0.39, 0.29) is 0 Å². The zero-order chi connectivity index (χ0) is 14.8. The molecule has 0 radical (unpaired) electrons. The first-order valence-corrected chi connectivity index (χ1v) is 9.35. The van der Waals surface area contributed by atoms with E-state index in [2.05, 4.69) is 0 Å². The maximum Gasteiger partial charge on any atom is 0.396 e. The summed E-state index contributed by atoms with van der Waals surface area (Å²) in [7, 11) is 0.698. The second-order valence-corrected chi connectivity index (χ2v) is 7.79. The summed E-state index contributed by atoms with van der Waals surface area (Å²) < 4.78 is 33.4. The fraction of sp³-hybridized carbons (Fsp3) is 1.00. The van der Waals surface area contributed by atoms with Gasteiger partial charge in [-0.05, 0) is 26.3 Å². The van der Waals surface area contributed by atoms with E-state index in [1.54, 1.807) is 14.2 Å². The zero-order valence-corrected chi connectivity index (χ0v) is 14.1. The molecule has 1 saturated heterocycles. The van der Waals surface area contributed by atoms with E-state index in [1.165, 1.54) is 0 Å². The highest BCUT2D eigenvalue weighted by Gasteiger charge is 2.47. The Balaban J connectivity index is 2.44. The summed E-state index contributed by atoms with van der Waals surface area (Å²) in [5.74, 6) is -0.422. The van der Waals surface area contributed by atoms with E-state index >= 15 is 0 Å². The van der Waals surface area contributed by atoms with Crippen LogP contribution in [0.2, 0.25) is 6.04 Å². The summed E-state index contributed by atoms with van der Waals surface area (Å²) in [4.78, 5) is 0. The van der Waals surface area contributed by atoms with Gasteiger partial charge < -0.3 is 27.8 Å². The standard InChI is InChI=1S/C13H28O6Si/c1-5-18-20(19-6-2,13(14-3)15-4)9-7-8-16-10-12-11-17-12/h12-13H,5-11H2,1-4H3. The maximum absolute atomic E-state index is 5.94. The Hall–Kier alpha value is -0.0231. The van der Waals surface area contributed by atoms with Crippen LogP contribution >= 0.6 is 0 Å². The molecule has 0 spiro atoms. The molecular formula is C13H28O6Si. The Morgan fingerprint density at radius 2 is 1.75 bits per heavy atom. The summed E-state index contributed by atoms with van der Waals surface area (Å²) in [5.41, 5.74) is 0. The first-order chi connectivity index (χ1) is 9.72. The molecule has 0 N–H and O–H groups in total. The van der Waals surface area contributed by atoms with E-state index in [1.807, 2.05) is 13.8 Å². The number of hydrogen-bond acceptors (Lipinski definition) is 6. The van der Waals surface area contributed by atoms with Crippen LogP contribution in [0.1, 0.15) is 20.3 Å².